The van der Waals surface area contributed by atoms with Gasteiger partial charge < -0.3 is 29.4 Å². The molecule has 234 valence electrons. The molecule has 0 amide bonds. The van der Waals surface area contributed by atoms with E-state index in [9.17, 15) is 29.6 Å². The van der Waals surface area contributed by atoms with Crippen LogP contribution in [0.1, 0.15) is 91.9 Å². The molecule has 0 saturated heterocycles. The van der Waals surface area contributed by atoms with Crippen LogP contribution in [0.5, 0.6) is 0 Å². The zero-order chi connectivity index (χ0) is 30.6. The van der Waals surface area contributed by atoms with E-state index in [1.807, 2.05) is 13.8 Å². The highest BCUT2D eigenvalue weighted by Gasteiger charge is 2.32. The summed E-state index contributed by atoms with van der Waals surface area (Å²) in [5.74, 6) is -1.05. The first kappa shape index (κ1) is 38.0. The number of carbonyl (C=O) groups excluding carboxylic acids is 4. The molecule has 40 heavy (non-hydrogen) atoms. The van der Waals surface area contributed by atoms with Gasteiger partial charge in [0, 0.05) is 52.7 Å². The Morgan fingerprint density at radius 3 is 1.57 bits per heavy atom. The van der Waals surface area contributed by atoms with Crippen molar-refractivity contribution in [2.24, 2.45) is 0 Å². The summed E-state index contributed by atoms with van der Waals surface area (Å²) < 4.78 is 20.9. The molecule has 0 aromatic heterocycles. The lowest BCUT2D eigenvalue weighted by Crippen LogP contribution is -2.40. The number of carbonyl (C=O) groups is 4. The van der Waals surface area contributed by atoms with Crippen molar-refractivity contribution in [2.45, 2.75) is 103 Å². The summed E-state index contributed by atoms with van der Waals surface area (Å²) in [5.41, 5.74) is -1.80. The SMILES string of the molecule is CCC(C)(OC)C(=O)CCN(O)CCC(=O)OCCCCCCOC(C)(CC)C(=O)CCN(O)CCC(=O)OC. The van der Waals surface area contributed by atoms with E-state index >= 15 is 0 Å². The molecule has 0 radical (unpaired) electrons. The van der Waals surface area contributed by atoms with Crippen molar-refractivity contribution >= 4 is 23.5 Å². The summed E-state index contributed by atoms with van der Waals surface area (Å²) in [6, 6.07) is 0. The molecule has 0 fully saturated rings. The lowest BCUT2D eigenvalue weighted by Gasteiger charge is -2.28. The third-order valence-corrected chi connectivity index (χ3v) is 7.27. The number of rotatable bonds is 25. The second-order valence-electron chi connectivity index (χ2n) is 10.2. The first-order valence-corrected chi connectivity index (χ1v) is 14.2. The number of esters is 2. The van der Waals surface area contributed by atoms with E-state index in [-0.39, 0.29) is 70.0 Å². The fourth-order valence-electron chi connectivity index (χ4n) is 3.70. The summed E-state index contributed by atoms with van der Waals surface area (Å²) in [6.07, 6.45) is 4.45. The maximum absolute atomic E-state index is 12.6. The van der Waals surface area contributed by atoms with Gasteiger partial charge in [-0.05, 0) is 46.0 Å². The number of Topliss-reactive ketones (excluding diaryl/α,β-unsaturated/α-hetero) is 2. The van der Waals surface area contributed by atoms with E-state index < -0.39 is 23.1 Å². The highest BCUT2D eigenvalue weighted by atomic mass is 16.5. The van der Waals surface area contributed by atoms with Crippen molar-refractivity contribution in [1.29, 1.82) is 0 Å². The smallest absolute Gasteiger partial charge is 0.307 e. The molecule has 12 nitrogen and oxygen atoms in total. The second kappa shape index (κ2) is 20.8. The summed E-state index contributed by atoms with van der Waals surface area (Å²) in [5, 5.41) is 21.7. The van der Waals surface area contributed by atoms with Gasteiger partial charge in [0.15, 0.2) is 11.6 Å². The molecular weight excluding hydrogens is 524 g/mol. The average Bonchev–Trinajstić information content (AvgIpc) is 2.96. The molecule has 12 heteroatoms. The zero-order valence-electron chi connectivity index (χ0n) is 25.4. The Morgan fingerprint density at radius 1 is 0.650 bits per heavy atom. The minimum Gasteiger partial charge on any atom is -0.469 e. The molecule has 2 atom stereocenters. The number of unbranched alkanes of at least 4 members (excludes halogenated alkanes) is 3. The van der Waals surface area contributed by atoms with Crippen LogP contribution in [0.25, 0.3) is 0 Å². The van der Waals surface area contributed by atoms with Gasteiger partial charge in [-0.1, -0.05) is 20.3 Å². The first-order valence-electron chi connectivity index (χ1n) is 14.2. The Balaban J connectivity index is 4.01. The summed E-state index contributed by atoms with van der Waals surface area (Å²) in [7, 11) is 2.77. The number of methoxy groups -OCH3 is 2. The third kappa shape index (κ3) is 15.7. The zero-order valence-corrected chi connectivity index (χ0v) is 25.4. The average molecular weight is 577 g/mol. The lowest BCUT2D eigenvalue weighted by molar-refractivity contribution is -0.151. The van der Waals surface area contributed by atoms with Gasteiger partial charge in [-0.2, -0.15) is 10.1 Å². The Hall–Kier alpha value is -1.96. The molecule has 0 aliphatic heterocycles. The van der Waals surface area contributed by atoms with Crippen LogP contribution in [0.4, 0.5) is 0 Å². The van der Waals surface area contributed by atoms with E-state index in [0.29, 0.717) is 25.9 Å². The molecule has 0 aromatic carbocycles. The number of ketones is 2. The van der Waals surface area contributed by atoms with E-state index in [2.05, 4.69) is 4.74 Å². The molecule has 0 aliphatic carbocycles. The summed E-state index contributed by atoms with van der Waals surface area (Å²) in [4.78, 5) is 47.9. The largest absolute Gasteiger partial charge is 0.469 e. The predicted molar refractivity (Wildman–Crippen MR) is 147 cm³/mol. The highest BCUT2D eigenvalue weighted by molar-refractivity contribution is 5.87. The van der Waals surface area contributed by atoms with E-state index in [0.717, 1.165) is 29.4 Å². The highest BCUT2D eigenvalue weighted by Crippen LogP contribution is 2.20. The van der Waals surface area contributed by atoms with Gasteiger partial charge >= 0.3 is 11.9 Å². The van der Waals surface area contributed by atoms with Crippen molar-refractivity contribution in [1.82, 2.24) is 10.1 Å². The fourth-order valence-corrected chi connectivity index (χ4v) is 3.70. The van der Waals surface area contributed by atoms with Crippen LogP contribution in [-0.2, 0) is 38.1 Å². The molecule has 2 unspecified atom stereocenters. The number of hydrogen-bond acceptors (Lipinski definition) is 12. The third-order valence-electron chi connectivity index (χ3n) is 7.27. The molecular formula is C28H52N2O10. The number of hydrogen-bond donors (Lipinski definition) is 2. The molecule has 0 rings (SSSR count). The topological polar surface area (TPSA) is 152 Å². The molecule has 0 saturated carbocycles. The Kier molecular flexibility index (Phi) is 19.8. The lowest BCUT2D eigenvalue weighted by atomic mass is 9.95. The van der Waals surface area contributed by atoms with Crippen LogP contribution in [-0.4, -0.2) is 109 Å². The van der Waals surface area contributed by atoms with Crippen LogP contribution in [0.2, 0.25) is 0 Å². The van der Waals surface area contributed by atoms with E-state index in [1.165, 1.54) is 14.2 Å². The molecule has 2 N–H and O–H groups in total. The maximum Gasteiger partial charge on any atom is 0.307 e. The molecule has 0 heterocycles. The van der Waals surface area contributed by atoms with Gasteiger partial charge in [-0.15, -0.1) is 0 Å². The maximum atomic E-state index is 12.6. The van der Waals surface area contributed by atoms with Gasteiger partial charge in [0.25, 0.3) is 0 Å². The summed E-state index contributed by atoms with van der Waals surface area (Å²) >= 11 is 0. The number of hydroxylamine groups is 4. The molecule has 0 aromatic rings. The van der Waals surface area contributed by atoms with Crippen molar-refractivity contribution < 1.29 is 48.5 Å². The fraction of sp³-hybridized carbons (Fsp3) is 0.857. The Labute approximate surface area is 239 Å². The van der Waals surface area contributed by atoms with Crippen LogP contribution in [0, 0.1) is 0 Å². The van der Waals surface area contributed by atoms with Crippen LogP contribution in [0.3, 0.4) is 0 Å². The number of ether oxygens (including phenoxy) is 4. The van der Waals surface area contributed by atoms with Crippen molar-refractivity contribution in [3.8, 4) is 0 Å². The van der Waals surface area contributed by atoms with Crippen LogP contribution >= 0.6 is 0 Å². The van der Waals surface area contributed by atoms with Crippen molar-refractivity contribution in [3.63, 3.8) is 0 Å². The standard InChI is InChI=1S/C28H52N2O10/c1-7-27(3,38-6)23(31)13-17-30(36)20-16-26(34)39-21-11-9-10-12-22-40-28(4,8-2)24(32)14-18-29(35)19-15-25(33)37-5/h35-36H,7-22H2,1-6H3. The van der Waals surface area contributed by atoms with Gasteiger partial charge in [-0.3, -0.25) is 19.2 Å². The Bertz CT molecular complexity index is 759. The quantitative estimate of drug-likeness (QED) is 0.0931. The predicted octanol–water partition coefficient (Wildman–Crippen LogP) is 3.34. The summed E-state index contributed by atoms with van der Waals surface area (Å²) in [6.45, 7) is 8.30. The van der Waals surface area contributed by atoms with Gasteiger partial charge in [0.05, 0.1) is 26.6 Å². The van der Waals surface area contributed by atoms with Gasteiger partial charge in [0.2, 0.25) is 0 Å². The van der Waals surface area contributed by atoms with Crippen LogP contribution in [0.15, 0.2) is 0 Å². The molecule has 0 bridgehead atoms. The van der Waals surface area contributed by atoms with Gasteiger partial charge in [0.1, 0.15) is 11.2 Å². The van der Waals surface area contributed by atoms with Crippen LogP contribution < -0.4 is 0 Å². The van der Waals surface area contributed by atoms with Crippen molar-refractivity contribution in [3.05, 3.63) is 0 Å². The monoisotopic (exact) mass is 576 g/mol. The minimum absolute atomic E-state index is 0.0246. The molecule has 0 aliphatic rings. The second-order valence-corrected chi connectivity index (χ2v) is 10.2. The van der Waals surface area contributed by atoms with E-state index in [1.54, 1.807) is 13.8 Å². The minimum atomic E-state index is -0.938. The van der Waals surface area contributed by atoms with Gasteiger partial charge in [-0.25, -0.2) is 0 Å². The van der Waals surface area contributed by atoms with E-state index in [4.69, 9.17) is 14.2 Å². The van der Waals surface area contributed by atoms with Crippen molar-refractivity contribution in [2.75, 3.05) is 53.6 Å². The normalized spacial score (nSPS) is 14.6. The first-order chi connectivity index (χ1) is 18.9. The molecule has 0 spiro atoms. The number of nitrogens with zero attached hydrogens (tertiary/aromatic N) is 2. The Morgan fingerprint density at radius 2 is 1.10 bits per heavy atom.